The Labute approximate surface area is 156 Å². The van der Waals surface area contributed by atoms with E-state index in [1.165, 1.54) is 37.7 Å². The van der Waals surface area contributed by atoms with Crippen LogP contribution in [0, 0.1) is 0 Å². The maximum atomic E-state index is 12.3. The molecule has 0 atom stereocenters. The number of hydrogen-bond acceptors (Lipinski definition) is 2. The lowest BCUT2D eigenvalue weighted by Crippen LogP contribution is -2.33. The largest absolute Gasteiger partial charge is 0.322 e. The van der Waals surface area contributed by atoms with Crippen molar-refractivity contribution in [1.82, 2.24) is 4.90 Å². The normalized spacial score (nSPS) is 15.5. The van der Waals surface area contributed by atoms with Crippen molar-refractivity contribution in [1.29, 1.82) is 0 Å². The zero-order chi connectivity index (χ0) is 18.2. The van der Waals surface area contributed by atoms with Gasteiger partial charge in [-0.15, -0.1) is 0 Å². The van der Waals surface area contributed by atoms with Crippen LogP contribution in [0.3, 0.4) is 0 Å². The highest BCUT2D eigenvalue weighted by atomic mass is 16.1. The van der Waals surface area contributed by atoms with E-state index in [0.29, 0.717) is 6.04 Å². The average molecular weight is 348 g/mol. The molecular formula is C23H28N2O. The fraction of sp³-hybridized carbons (Fsp3) is 0.348. The first kappa shape index (κ1) is 18.4. The van der Waals surface area contributed by atoms with Crippen LogP contribution < -0.4 is 5.32 Å². The van der Waals surface area contributed by atoms with Gasteiger partial charge in [-0.2, -0.15) is 0 Å². The van der Waals surface area contributed by atoms with Gasteiger partial charge in [0.05, 0.1) is 0 Å². The van der Waals surface area contributed by atoms with E-state index in [1.807, 2.05) is 54.6 Å². The third-order valence-electron chi connectivity index (χ3n) is 5.12. The molecule has 1 fully saturated rings. The maximum absolute atomic E-state index is 12.3. The second kappa shape index (κ2) is 9.35. The summed E-state index contributed by atoms with van der Waals surface area (Å²) in [5.41, 5.74) is 3.09. The summed E-state index contributed by atoms with van der Waals surface area (Å²) in [6.45, 7) is 0.865. The molecule has 0 spiro atoms. The van der Waals surface area contributed by atoms with E-state index < -0.39 is 0 Å². The summed E-state index contributed by atoms with van der Waals surface area (Å²) in [7, 11) is 2.20. The predicted molar refractivity (Wildman–Crippen MR) is 109 cm³/mol. The molecule has 136 valence electrons. The predicted octanol–water partition coefficient (Wildman–Crippen LogP) is 5.10. The van der Waals surface area contributed by atoms with Gasteiger partial charge < -0.3 is 5.32 Å². The number of rotatable bonds is 6. The molecule has 1 aliphatic carbocycles. The number of carbonyl (C=O) groups is 1. The molecule has 3 rings (SSSR count). The molecule has 1 amide bonds. The van der Waals surface area contributed by atoms with Gasteiger partial charge in [0.25, 0.3) is 0 Å². The van der Waals surface area contributed by atoms with Crippen LogP contribution in [0.2, 0.25) is 0 Å². The van der Waals surface area contributed by atoms with Gasteiger partial charge in [0.1, 0.15) is 0 Å². The van der Waals surface area contributed by atoms with Crippen molar-refractivity contribution in [2.24, 2.45) is 0 Å². The molecular weight excluding hydrogens is 320 g/mol. The number of anilines is 1. The zero-order valence-corrected chi connectivity index (χ0v) is 15.5. The highest BCUT2D eigenvalue weighted by molar-refractivity contribution is 6.02. The van der Waals surface area contributed by atoms with Crippen molar-refractivity contribution in [3.05, 3.63) is 71.8 Å². The molecule has 2 aromatic rings. The molecule has 0 unspecified atom stereocenters. The zero-order valence-electron chi connectivity index (χ0n) is 15.5. The van der Waals surface area contributed by atoms with Gasteiger partial charge in [-0.3, -0.25) is 9.69 Å². The Morgan fingerprint density at radius 2 is 1.73 bits per heavy atom. The highest BCUT2D eigenvalue weighted by Crippen LogP contribution is 2.24. The number of carbonyl (C=O) groups excluding carboxylic acids is 1. The molecule has 1 saturated carbocycles. The molecule has 0 heterocycles. The van der Waals surface area contributed by atoms with E-state index in [0.717, 1.165) is 17.8 Å². The molecule has 1 aliphatic rings. The first-order chi connectivity index (χ1) is 12.7. The van der Waals surface area contributed by atoms with Crippen molar-refractivity contribution >= 4 is 17.7 Å². The molecule has 0 aromatic heterocycles. The fourth-order valence-corrected chi connectivity index (χ4v) is 3.61. The summed E-state index contributed by atoms with van der Waals surface area (Å²) < 4.78 is 0. The number of nitrogens with zero attached hydrogens (tertiary/aromatic N) is 1. The first-order valence-corrected chi connectivity index (χ1v) is 9.54. The van der Waals surface area contributed by atoms with E-state index in [1.54, 1.807) is 6.08 Å². The Kier molecular flexibility index (Phi) is 6.62. The van der Waals surface area contributed by atoms with Gasteiger partial charge in [-0.05, 0) is 43.2 Å². The minimum absolute atomic E-state index is 0.0957. The van der Waals surface area contributed by atoms with Crippen LogP contribution in [0.15, 0.2) is 60.7 Å². The summed E-state index contributed by atoms with van der Waals surface area (Å²) in [6.07, 6.45) is 10.0. The maximum Gasteiger partial charge on any atom is 0.248 e. The van der Waals surface area contributed by atoms with Crippen LogP contribution in [0.1, 0.15) is 43.2 Å². The van der Waals surface area contributed by atoms with Gasteiger partial charge in [0.2, 0.25) is 5.91 Å². The average Bonchev–Trinajstić information content (AvgIpc) is 2.69. The fourth-order valence-electron chi connectivity index (χ4n) is 3.61. The number of amides is 1. The van der Waals surface area contributed by atoms with E-state index >= 15 is 0 Å². The molecule has 26 heavy (non-hydrogen) atoms. The molecule has 0 saturated heterocycles. The number of hydrogen-bond donors (Lipinski definition) is 1. The third kappa shape index (κ3) is 5.30. The quantitative estimate of drug-likeness (QED) is 0.736. The minimum Gasteiger partial charge on any atom is -0.322 e. The molecule has 3 nitrogen and oxygen atoms in total. The van der Waals surface area contributed by atoms with E-state index in [-0.39, 0.29) is 5.91 Å². The van der Waals surface area contributed by atoms with Crippen LogP contribution in [0.4, 0.5) is 5.69 Å². The Bertz CT molecular complexity index is 733. The van der Waals surface area contributed by atoms with Crippen molar-refractivity contribution in [3.8, 4) is 0 Å². The molecule has 0 aliphatic heterocycles. The molecule has 0 bridgehead atoms. The van der Waals surface area contributed by atoms with Crippen molar-refractivity contribution in [2.45, 2.75) is 44.7 Å². The van der Waals surface area contributed by atoms with E-state index in [4.69, 9.17) is 0 Å². The smallest absolute Gasteiger partial charge is 0.248 e. The lowest BCUT2D eigenvalue weighted by Gasteiger charge is -2.31. The van der Waals surface area contributed by atoms with Gasteiger partial charge in [-0.25, -0.2) is 0 Å². The first-order valence-electron chi connectivity index (χ1n) is 9.54. The number of para-hydroxylation sites is 1. The van der Waals surface area contributed by atoms with Crippen LogP contribution >= 0.6 is 0 Å². The summed E-state index contributed by atoms with van der Waals surface area (Å²) in [5.74, 6) is -0.0957. The van der Waals surface area contributed by atoms with Crippen molar-refractivity contribution in [3.63, 3.8) is 0 Å². The number of benzene rings is 2. The van der Waals surface area contributed by atoms with Crippen LogP contribution in [0.25, 0.3) is 6.08 Å². The second-order valence-electron chi connectivity index (χ2n) is 7.10. The Hall–Kier alpha value is -2.39. The summed E-state index contributed by atoms with van der Waals surface area (Å²) in [6, 6.07) is 18.6. The van der Waals surface area contributed by atoms with Crippen LogP contribution in [-0.4, -0.2) is 23.9 Å². The van der Waals surface area contributed by atoms with Gasteiger partial charge in [-0.1, -0.05) is 67.8 Å². The minimum atomic E-state index is -0.0957. The lowest BCUT2D eigenvalue weighted by atomic mass is 9.94. The topological polar surface area (TPSA) is 32.3 Å². The van der Waals surface area contributed by atoms with Gasteiger partial charge in [0, 0.05) is 24.4 Å². The van der Waals surface area contributed by atoms with E-state index in [2.05, 4.69) is 23.3 Å². The standard InChI is InChI=1S/C23H28N2O/c1-25(21-13-6-3-7-14-21)18-20-12-8-9-15-22(20)24-23(26)17-16-19-10-4-2-5-11-19/h2,4-5,8-12,15-17,21H,3,6-7,13-14,18H2,1H3,(H,24,26)/b17-16+. The van der Waals surface area contributed by atoms with Gasteiger partial charge in [0.15, 0.2) is 0 Å². The van der Waals surface area contributed by atoms with Crippen molar-refractivity contribution < 1.29 is 4.79 Å². The van der Waals surface area contributed by atoms with Crippen LogP contribution in [-0.2, 0) is 11.3 Å². The summed E-state index contributed by atoms with van der Waals surface area (Å²) >= 11 is 0. The molecule has 0 radical (unpaired) electrons. The summed E-state index contributed by atoms with van der Waals surface area (Å²) in [5, 5.41) is 3.04. The van der Waals surface area contributed by atoms with Crippen molar-refractivity contribution in [2.75, 3.05) is 12.4 Å². The Morgan fingerprint density at radius 3 is 2.50 bits per heavy atom. The van der Waals surface area contributed by atoms with Crippen LogP contribution in [0.5, 0.6) is 0 Å². The Balaban J connectivity index is 1.63. The molecule has 1 N–H and O–H groups in total. The lowest BCUT2D eigenvalue weighted by molar-refractivity contribution is -0.111. The third-order valence-corrected chi connectivity index (χ3v) is 5.12. The highest BCUT2D eigenvalue weighted by Gasteiger charge is 2.18. The summed E-state index contributed by atoms with van der Waals surface area (Å²) in [4.78, 5) is 14.7. The molecule has 2 aromatic carbocycles. The Morgan fingerprint density at radius 1 is 1.04 bits per heavy atom. The monoisotopic (exact) mass is 348 g/mol. The number of nitrogens with one attached hydrogen (secondary N) is 1. The molecule has 3 heteroatoms. The van der Waals surface area contributed by atoms with E-state index in [9.17, 15) is 4.79 Å². The SMILES string of the molecule is CN(Cc1ccccc1NC(=O)/C=C/c1ccccc1)C1CCCCC1. The second-order valence-corrected chi connectivity index (χ2v) is 7.10. The van der Waals surface area contributed by atoms with Gasteiger partial charge >= 0.3 is 0 Å².